The molecule has 2 rings (SSSR count). The molecule has 0 atom stereocenters. The van der Waals surface area contributed by atoms with E-state index < -0.39 is 0 Å². The fourth-order valence-corrected chi connectivity index (χ4v) is 3.51. The molecule has 6 heteroatoms. The van der Waals surface area contributed by atoms with Gasteiger partial charge in [-0.15, -0.1) is 0 Å². The van der Waals surface area contributed by atoms with Crippen LogP contribution in [0.15, 0.2) is 12.1 Å². The van der Waals surface area contributed by atoms with Crippen molar-refractivity contribution >= 4 is 17.2 Å². The van der Waals surface area contributed by atoms with Crippen molar-refractivity contribution in [3.05, 3.63) is 39.0 Å². The smallest absolute Gasteiger partial charge is 0.237 e. The molecule has 4 nitrogen and oxygen atoms in total. The van der Waals surface area contributed by atoms with Gasteiger partial charge in [0.05, 0.1) is 10.4 Å². The zero-order valence-electron chi connectivity index (χ0n) is 12.7. The molecule has 0 aliphatic rings. The summed E-state index contributed by atoms with van der Waals surface area (Å²) in [5.41, 5.74) is 9.23. The molecule has 0 fully saturated rings. The number of rotatable bonds is 5. The Morgan fingerprint density at radius 1 is 1.33 bits per heavy atom. The van der Waals surface area contributed by atoms with E-state index in [0.717, 1.165) is 30.6 Å². The van der Waals surface area contributed by atoms with E-state index in [1.165, 1.54) is 15.6 Å². The maximum Gasteiger partial charge on any atom is 0.237 e. The molecule has 0 spiro atoms. The highest BCUT2D eigenvalue weighted by atomic mass is 35.5. The number of nitrogen functional groups attached to an aromatic ring is 1. The topological polar surface area (TPSA) is 63.0 Å². The summed E-state index contributed by atoms with van der Waals surface area (Å²) in [6.07, 6.45) is 1.70. The first-order chi connectivity index (χ1) is 9.56. The highest BCUT2D eigenvalue weighted by Gasteiger charge is 2.22. The van der Waals surface area contributed by atoms with Gasteiger partial charge >= 0.3 is 0 Å². The first kappa shape index (κ1) is 17.9. The third-order valence-electron chi connectivity index (χ3n) is 3.47. The van der Waals surface area contributed by atoms with Crippen LogP contribution >= 0.6 is 11.3 Å². The van der Waals surface area contributed by atoms with Crippen LogP contribution in [0.4, 0.5) is 5.82 Å². The Balaban J connectivity index is 0.00000220. The van der Waals surface area contributed by atoms with Crippen LogP contribution in [0.1, 0.15) is 33.8 Å². The van der Waals surface area contributed by atoms with Crippen molar-refractivity contribution in [2.75, 3.05) is 12.3 Å². The second-order valence-electron chi connectivity index (χ2n) is 4.91. The lowest BCUT2D eigenvalue weighted by atomic mass is 10.2. The van der Waals surface area contributed by atoms with E-state index in [1.807, 2.05) is 19.1 Å². The van der Waals surface area contributed by atoms with Gasteiger partial charge in [0.25, 0.3) is 0 Å². The number of nitrogens with two attached hydrogens (primary N) is 1. The van der Waals surface area contributed by atoms with E-state index in [0.29, 0.717) is 5.82 Å². The van der Waals surface area contributed by atoms with E-state index >= 15 is 0 Å². The number of thiazole rings is 1. The molecule has 2 aromatic heterocycles. The van der Waals surface area contributed by atoms with Crippen LogP contribution < -0.4 is 22.7 Å². The summed E-state index contributed by atoms with van der Waals surface area (Å²) in [5, 5.41) is 10.5. The van der Waals surface area contributed by atoms with Gasteiger partial charge in [-0.2, -0.15) is 4.57 Å². The van der Waals surface area contributed by atoms with Crippen LogP contribution in [0.3, 0.4) is 0 Å². The van der Waals surface area contributed by atoms with Crippen molar-refractivity contribution in [1.29, 1.82) is 0 Å². The van der Waals surface area contributed by atoms with Gasteiger partial charge in [0.15, 0.2) is 12.2 Å². The summed E-state index contributed by atoms with van der Waals surface area (Å²) < 4.78 is 2.29. The van der Waals surface area contributed by atoms with E-state index in [1.54, 1.807) is 11.3 Å². The number of aliphatic hydroxyl groups is 1. The molecule has 0 unspecified atom stereocenters. The predicted molar refractivity (Wildman–Crippen MR) is 81.9 cm³/mol. The molecular formula is C15H22ClN3OS. The molecule has 21 heavy (non-hydrogen) atoms. The zero-order valence-corrected chi connectivity index (χ0v) is 14.3. The van der Waals surface area contributed by atoms with Gasteiger partial charge in [-0.3, -0.25) is 0 Å². The van der Waals surface area contributed by atoms with Gasteiger partial charge in [-0.1, -0.05) is 18.3 Å². The Morgan fingerprint density at radius 3 is 2.62 bits per heavy atom. The number of nitrogens with zero attached hydrogens (tertiary/aromatic N) is 2. The van der Waals surface area contributed by atoms with Crippen LogP contribution in [0.2, 0.25) is 0 Å². The number of aliphatic hydroxyl groups excluding tert-OH is 1. The maximum absolute atomic E-state index is 9.15. The third kappa shape index (κ3) is 3.93. The van der Waals surface area contributed by atoms with Gasteiger partial charge in [-0.25, -0.2) is 4.98 Å². The number of hydrogen-bond acceptors (Lipinski definition) is 4. The van der Waals surface area contributed by atoms with E-state index in [-0.39, 0.29) is 19.0 Å². The van der Waals surface area contributed by atoms with Crippen molar-refractivity contribution in [3.63, 3.8) is 0 Å². The Labute approximate surface area is 136 Å². The Bertz CT molecular complexity index is 613. The Hall–Kier alpha value is -1.17. The fourth-order valence-electron chi connectivity index (χ4n) is 2.32. The van der Waals surface area contributed by atoms with Crippen LogP contribution in [-0.4, -0.2) is 16.7 Å². The first-order valence-electron chi connectivity index (χ1n) is 6.90. The first-order valence-corrected chi connectivity index (χ1v) is 7.72. The number of aryl methyl sites for hydroxylation is 2. The Morgan fingerprint density at radius 2 is 2.05 bits per heavy atom. The van der Waals surface area contributed by atoms with Gasteiger partial charge in [0, 0.05) is 32.1 Å². The van der Waals surface area contributed by atoms with Gasteiger partial charge in [0.1, 0.15) is 5.82 Å². The van der Waals surface area contributed by atoms with E-state index in [9.17, 15) is 0 Å². The molecule has 2 heterocycles. The normalized spacial score (nSPS) is 10.5. The molecule has 3 N–H and O–H groups in total. The van der Waals surface area contributed by atoms with E-state index in [2.05, 4.69) is 23.4 Å². The summed E-state index contributed by atoms with van der Waals surface area (Å²) in [6.45, 7) is 7.15. The van der Waals surface area contributed by atoms with Crippen LogP contribution in [-0.2, 0) is 19.4 Å². The molecule has 0 radical (unpaired) electrons. The molecule has 0 saturated carbocycles. The molecule has 0 bridgehead atoms. The fraction of sp³-hybridized carbons (Fsp3) is 0.467. The minimum Gasteiger partial charge on any atom is -1.00 e. The number of aromatic nitrogens is 2. The number of pyridine rings is 1. The summed E-state index contributed by atoms with van der Waals surface area (Å²) in [4.78, 5) is 5.58. The number of halogens is 1. The quantitative estimate of drug-likeness (QED) is 0.677. The average molecular weight is 328 g/mol. The lowest BCUT2D eigenvalue weighted by Crippen LogP contribution is -3.00. The van der Waals surface area contributed by atoms with Crippen molar-refractivity contribution in [1.82, 2.24) is 4.98 Å². The predicted octanol–water partition coefficient (Wildman–Crippen LogP) is -1.22. The monoisotopic (exact) mass is 327 g/mol. The SMILES string of the molecule is CCc1sc(CCO)c(C)[n+]1Cc1ccc(C)nc1N.[Cl-]. The number of hydrogen-bond donors (Lipinski definition) is 2. The average Bonchev–Trinajstić information content (AvgIpc) is 2.71. The largest absolute Gasteiger partial charge is 1.00 e. The lowest BCUT2D eigenvalue weighted by Gasteiger charge is -2.04. The highest BCUT2D eigenvalue weighted by Crippen LogP contribution is 2.19. The zero-order chi connectivity index (χ0) is 14.7. The van der Waals surface area contributed by atoms with Crippen molar-refractivity contribution in [2.45, 2.75) is 40.2 Å². The van der Waals surface area contributed by atoms with Crippen LogP contribution in [0.5, 0.6) is 0 Å². The number of anilines is 1. The molecule has 116 valence electrons. The highest BCUT2D eigenvalue weighted by molar-refractivity contribution is 7.11. The molecule has 0 amide bonds. The van der Waals surface area contributed by atoms with Gasteiger partial charge < -0.3 is 23.2 Å². The maximum atomic E-state index is 9.15. The van der Waals surface area contributed by atoms with Crippen molar-refractivity contribution in [3.8, 4) is 0 Å². The summed E-state index contributed by atoms with van der Waals surface area (Å²) in [6, 6.07) is 4.04. The lowest BCUT2D eigenvalue weighted by molar-refractivity contribution is -0.696. The third-order valence-corrected chi connectivity index (χ3v) is 4.96. The minimum atomic E-state index is 0. The van der Waals surface area contributed by atoms with Crippen LogP contribution in [0.25, 0.3) is 0 Å². The van der Waals surface area contributed by atoms with Crippen molar-refractivity contribution in [2.24, 2.45) is 0 Å². The molecular weight excluding hydrogens is 306 g/mol. The van der Waals surface area contributed by atoms with Gasteiger partial charge in [-0.05, 0) is 19.1 Å². The molecule has 0 aliphatic carbocycles. The van der Waals surface area contributed by atoms with Crippen LogP contribution in [0, 0.1) is 13.8 Å². The second-order valence-corrected chi connectivity index (χ2v) is 6.08. The molecule has 0 saturated heterocycles. The van der Waals surface area contributed by atoms with Gasteiger partial charge in [0.2, 0.25) is 5.01 Å². The molecule has 0 aliphatic heterocycles. The summed E-state index contributed by atoms with van der Waals surface area (Å²) >= 11 is 1.78. The molecule has 2 aromatic rings. The minimum absolute atomic E-state index is 0. The standard InChI is InChI=1S/C15H22N3OS.ClH/c1-4-14-18(11(3)13(20-14)7-8-19)9-12-6-5-10(2)17-15(12)16;/h5-6,19H,4,7-9H2,1-3H3,(H2,16,17);1H/q+1;/p-1. The molecule has 0 aromatic carbocycles. The Kier molecular flexibility index (Phi) is 6.58. The van der Waals surface area contributed by atoms with E-state index in [4.69, 9.17) is 10.8 Å². The second kappa shape index (κ2) is 7.73. The summed E-state index contributed by atoms with van der Waals surface area (Å²) in [7, 11) is 0. The summed E-state index contributed by atoms with van der Waals surface area (Å²) in [5.74, 6) is 0.605. The van der Waals surface area contributed by atoms with Crippen molar-refractivity contribution < 1.29 is 22.1 Å².